The largest absolute Gasteiger partial charge is 0.461 e. The van der Waals surface area contributed by atoms with Gasteiger partial charge in [0.15, 0.2) is 0 Å². The second-order valence-corrected chi connectivity index (χ2v) is 4.06. The van der Waals surface area contributed by atoms with E-state index in [4.69, 9.17) is 27.9 Å². The zero-order valence-electron chi connectivity index (χ0n) is 9.46. The first-order chi connectivity index (χ1) is 8.02. The molecule has 0 aliphatic rings. The fraction of sp³-hybridized carbons (Fsp3) is 0.273. The third-order valence-corrected chi connectivity index (χ3v) is 2.22. The number of benzene rings is 1. The van der Waals surface area contributed by atoms with Gasteiger partial charge in [0.25, 0.3) is 0 Å². The molecule has 0 spiro atoms. The van der Waals surface area contributed by atoms with Crippen LogP contribution >= 0.6 is 23.2 Å². The van der Waals surface area contributed by atoms with Crippen LogP contribution in [-0.2, 0) is 9.53 Å². The molecule has 17 heavy (non-hydrogen) atoms. The number of carbonyl (C=O) groups is 1. The third-order valence-electron chi connectivity index (χ3n) is 1.79. The van der Waals surface area contributed by atoms with Gasteiger partial charge in [-0.15, -0.1) is 0 Å². The maximum absolute atomic E-state index is 11.3. The predicted molar refractivity (Wildman–Crippen MR) is 69.8 cm³/mol. The number of halogens is 2. The lowest BCUT2D eigenvalue weighted by Gasteiger charge is -2.04. The van der Waals surface area contributed by atoms with Crippen LogP contribution in [0.2, 0.25) is 10.0 Å². The summed E-state index contributed by atoms with van der Waals surface area (Å²) in [5.74, 6) is -0.465. The minimum Gasteiger partial charge on any atom is -0.461 e. The van der Waals surface area contributed by atoms with Crippen molar-refractivity contribution in [2.24, 2.45) is 5.10 Å². The molecule has 0 bridgehead atoms. The first kappa shape index (κ1) is 13.8. The van der Waals surface area contributed by atoms with Crippen molar-refractivity contribution in [2.75, 3.05) is 12.0 Å². The number of nitrogens with one attached hydrogen (secondary N) is 1. The lowest BCUT2D eigenvalue weighted by atomic mass is 10.3. The maximum atomic E-state index is 11.3. The Kier molecular flexibility index (Phi) is 5.25. The molecule has 0 aliphatic carbocycles. The highest BCUT2D eigenvalue weighted by Gasteiger charge is 2.06. The Balaban J connectivity index is 2.71. The normalized spacial score (nSPS) is 11.2. The Bertz CT molecular complexity index is 427. The summed E-state index contributed by atoms with van der Waals surface area (Å²) in [6.45, 7) is 3.60. The Morgan fingerprint density at radius 1 is 1.35 bits per heavy atom. The van der Waals surface area contributed by atoms with Crippen LogP contribution in [0.1, 0.15) is 13.8 Å². The molecule has 0 atom stereocenters. The number of rotatable bonds is 4. The summed E-state index contributed by atoms with van der Waals surface area (Å²) in [6, 6.07) is 4.90. The van der Waals surface area contributed by atoms with Gasteiger partial charge in [-0.1, -0.05) is 23.2 Å². The van der Waals surface area contributed by atoms with Gasteiger partial charge in [0, 0.05) is 10.0 Å². The molecular formula is C11H12Cl2N2O2. The Labute approximate surface area is 110 Å². The number of hydrogen-bond donors (Lipinski definition) is 1. The molecule has 0 aliphatic heterocycles. The Morgan fingerprint density at radius 3 is 2.47 bits per heavy atom. The van der Waals surface area contributed by atoms with Crippen LogP contribution in [0.3, 0.4) is 0 Å². The molecule has 0 unspecified atom stereocenters. The van der Waals surface area contributed by atoms with Crippen molar-refractivity contribution in [3.05, 3.63) is 28.2 Å². The van der Waals surface area contributed by atoms with Crippen molar-refractivity contribution < 1.29 is 9.53 Å². The van der Waals surface area contributed by atoms with Gasteiger partial charge in [-0.25, -0.2) is 4.79 Å². The van der Waals surface area contributed by atoms with Crippen LogP contribution in [0.5, 0.6) is 0 Å². The Morgan fingerprint density at radius 2 is 1.94 bits per heavy atom. The molecule has 6 heteroatoms. The predicted octanol–water partition coefficient (Wildman–Crippen LogP) is 3.34. The zero-order chi connectivity index (χ0) is 12.8. The van der Waals surface area contributed by atoms with E-state index in [1.54, 1.807) is 32.0 Å². The summed E-state index contributed by atoms with van der Waals surface area (Å²) in [5.41, 5.74) is 3.51. The van der Waals surface area contributed by atoms with Crippen molar-refractivity contribution in [1.82, 2.24) is 0 Å². The number of ether oxygens (including phenoxy) is 1. The third kappa shape index (κ3) is 4.63. The average molecular weight is 275 g/mol. The van der Waals surface area contributed by atoms with Gasteiger partial charge in [0.2, 0.25) is 0 Å². The number of carbonyl (C=O) groups excluding carboxylic acids is 1. The molecule has 4 nitrogen and oxygen atoms in total. The number of anilines is 1. The zero-order valence-corrected chi connectivity index (χ0v) is 11.0. The van der Waals surface area contributed by atoms with E-state index in [0.29, 0.717) is 22.3 Å². The smallest absolute Gasteiger partial charge is 0.354 e. The fourth-order valence-electron chi connectivity index (χ4n) is 1.05. The summed E-state index contributed by atoms with van der Waals surface area (Å²) >= 11 is 11.6. The number of esters is 1. The first-order valence-electron chi connectivity index (χ1n) is 4.96. The van der Waals surface area contributed by atoms with Gasteiger partial charge >= 0.3 is 5.97 Å². The van der Waals surface area contributed by atoms with Gasteiger partial charge in [-0.2, -0.15) is 5.10 Å². The van der Waals surface area contributed by atoms with Crippen molar-refractivity contribution in [2.45, 2.75) is 13.8 Å². The van der Waals surface area contributed by atoms with Gasteiger partial charge in [0.05, 0.1) is 12.3 Å². The van der Waals surface area contributed by atoms with Crippen LogP contribution in [-0.4, -0.2) is 18.3 Å². The lowest BCUT2D eigenvalue weighted by molar-refractivity contribution is -0.135. The molecule has 1 N–H and O–H groups in total. The highest BCUT2D eigenvalue weighted by molar-refractivity contribution is 6.36. The van der Waals surface area contributed by atoms with E-state index in [-0.39, 0.29) is 5.71 Å². The topological polar surface area (TPSA) is 50.7 Å². The second-order valence-electron chi connectivity index (χ2n) is 3.19. The van der Waals surface area contributed by atoms with Crippen molar-refractivity contribution >= 4 is 40.6 Å². The molecule has 1 aromatic carbocycles. The van der Waals surface area contributed by atoms with Crippen LogP contribution in [0, 0.1) is 0 Å². The first-order valence-corrected chi connectivity index (χ1v) is 5.72. The monoisotopic (exact) mass is 274 g/mol. The van der Waals surface area contributed by atoms with Crippen LogP contribution in [0.4, 0.5) is 5.69 Å². The summed E-state index contributed by atoms with van der Waals surface area (Å²) in [6.07, 6.45) is 0. The lowest BCUT2D eigenvalue weighted by Crippen LogP contribution is -2.15. The van der Waals surface area contributed by atoms with Crippen LogP contribution < -0.4 is 5.43 Å². The molecule has 0 saturated carbocycles. The minimum atomic E-state index is -0.465. The standard InChI is InChI=1S/C11H12Cl2N2O2/c1-3-17-11(16)7(2)14-15-10-5-8(12)4-9(13)6-10/h4-6,15H,3H2,1-2H3. The number of nitrogens with zero attached hydrogens (tertiary/aromatic N) is 1. The van der Waals surface area contributed by atoms with E-state index < -0.39 is 5.97 Å². The van der Waals surface area contributed by atoms with E-state index in [0.717, 1.165) is 0 Å². The van der Waals surface area contributed by atoms with E-state index >= 15 is 0 Å². The average Bonchev–Trinajstić information content (AvgIpc) is 2.25. The molecule has 1 rings (SSSR count). The summed E-state index contributed by atoms with van der Waals surface area (Å²) in [7, 11) is 0. The molecule has 1 aromatic rings. The molecule has 0 aromatic heterocycles. The van der Waals surface area contributed by atoms with Crippen molar-refractivity contribution in [1.29, 1.82) is 0 Å². The van der Waals surface area contributed by atoms with E-state index in [1.807, 2.05) is 0 Å². The van der Waals surface area contributed by atoms with E-state index in [2.05, 4.69) is 10.5 Å². The summed E-state index contributed by atoms with van der Waals surface area (Å²) in [4.78, 5) is 11.3. The van der Waals surface area contributed by atoms with E-state index in [9.17, 15) is 4.79 Å². The summed E-state index contributed by atoms with van der Waals surface area (Å²) in [5, 5.41) is 4.85. The SMILES string of the molecule is CCOC(=O)C(C)=NNc1cc(Cl)cc(Cl)c1. The molecule has 0 heterocycles. The molecule has 0 radical (unpaired) electrons. The molecular weight excluding hydrogens is 263 g/mol. The van der Waals surface area contributed by atoms with Gasteiger partial charge in [-0.3, -0.25) is 5.43 Å². The van der Waals surface area contributed by atoms with Crippen LogP contribution in [0.25, 0.3) is 0 Å². The van der Waals surface area contributed by atoms with Crippen molar-refractivity contribution in [3.63, 3.8) is 0 Å². The highest BCUT2D eigenvalue weighted by Crippen LogP contribution is 2.22. The van der Waals surface area contributed by atoms with Crippen LogP contribution in [0.15, 0.2) is 23.3 Å². The van der Waals surface area contributed by atoms with E-state index in [1.165, 1.54) is 0 Å². The number of hydrazone groups is 1. The summed E-state index contributed by atoms with van der Waals surface area (Å²) < 4.78 is 4.78. The Hall–Kier alpha value is -1.26. The second kappa shape index (κ2) is 6.47. The highest BCUT2D eigenvalue weighted by atomic mass is 35.5. The number of hydrogen-bond acceptors (Lipinski definition) is 4. The molecule has 0 saturated heterocycles. The molecule has 0 fully saturated rings. The van der Waals surface area contributed by atoms with Crippen molar-refractivity contribution in [3.8, 4) is 0 Å². The van der Waals surface area contributed by atoms with Gasteiger partial charge in [-0.05, 0) is 32.0 Å². The quantitative estimate of drug-likeness (QED) is 0.521. The fourth-order valence-corrected chi connectivity index (χ4v) is 1.57. The maximum Gasteiger partial charge on any atom is 0.354 e. The molecule has 0 amide bonds. The van der Waals surface area contributed by atoms with Gasteiger partial charge < -0.3 is 4.74 Å². The molecule has 92 valence electrons. The van der Waals surface area contributed by atoms with Gasteiger partial charge in [0.1, 0.15) is 5.71 Å². The minimum absolute atomic E-state index is 0.225.